The van der Waals surface area contributed by atoms with Gasteiger partial charge in [-0.2, -0.15) is 0 Å². The van der Waals surface area contributed by atoms with E-state index < -0.39 is 5.60 Å². The summed E-state index contributed by atoms with van der Waals surface area (Å²) in [5, 5.41) is 13.0. The number of hydrogen-bond donors (Lipinski definition) is 1. The van der Waals surface area contributed by atoms with Crippen LogP contribution in [-0.4, -0.2) is 5.11 Å². The van der Waals surface area contributed by atoms with Crippen LogP contribution in [0.5, 0.6) is 0 Å². The first kappa shape index (κ1) is 14.1. The Bertz CT molecular complexity index is 397. The Labute approximate surface area is 115 Å². The van der Waals surface area contributed by atoms with E-state index in [1.54, 1.807) is 11.3 Å². The number of aryl methyl sites for hydroxylation is 1. The summed E-state index contributed by atoms with van der Waals surface area (Å²) in [5.74, 6) is 0.767. The molecule has 2 rings (SSSR count). The third-order valence-electron chi connectivity index (χ3n) is 5.11. The highest BCUT2D eigenvalue weighted by atomic mass is 32.1. The molecule has 1 aliphatic rings. The standard InChI is InChI=1S/C16H26OS/c1-5-15(3,4)13-6-9-16(17,10-7-13)14-12(2)8-11-18-14/h8,11,13,17H,5-7,9-10H2,1-4H3. The van der Waals surface area contributed by atoms with E-state index in [4.69, 9.17) is 0 Å². The molecule has 1 fully saturated rings. The Morgan fingerprint density at radius 1 is 1.39 bits per heavy atom. The number of rotatable bonds is 3. The van der Waals surface area contributed by atoms with Crippen LogP contribution in [-0.2, 0) is 5.60 Å². The molecule has 0 bridgehead atoms. The van der Waals surface area contributed by atoms with Crippen LogP contribution in [0.15, 0.2) is 11.4 Å². The molecule has 18 heavy (non-hydrogen) atoms. The van der Waals surface area contributed by atoms with Crippen molar-refractivity contribution in [2.24, 2.45) is 11.3 Å². The molecule has 0 radical (unpaired) electrons. The van der Waals surface area contributed by atoms with Crippen LogP contribution in [0, 0.1) is 18.3 Å². The SMILES string of the molecule is CCC(C)(C)C1CCC(O)(c2sccc2C)CC1. The maximum Gasteiger partial charge on any atom is 0.0990 e. The molecule has 0 atom stereocenters. The first-order valence-electron chi connectivity index (χ1n) is 7.16. The molecule has 102 valence electrons. The molecular formula is C16H26OS. The van der Waals surface area contributed by atoms with Crippen molar-refractivity contribution in [3.8, 4) is 0 Å². The van der Waals surface area contributed by atoms with Crippen molar-refractivity contribution in [1.82, 2.24) is 0 Å². The van der Waals surface area contributed by atoms with Gasteiger partial charge in [-0.25, -0.2) is 0 Å². The fraction of sp³-hybridized carbons (Fsp3) is 0.750. The molecule has 2 heteroatoms. The highest BCUT2D eigenvalue weighted by molar-refractivity contribution is 7.10. The number of thiophene rings is 1. The van der Waals surface area contributed by atoms with Crippen LogP contribution in [0.2, 0.25) is 0 Å². The van der Waals surface area contributed by atoms with Gasteiger partial charge in [0.15, 0.2) is 0 Å². The van der Waals surface area contributed by atoms with Crippen molar-refractivity contribution < 1.29 is 5.11 Å². The van der Waals surface area contributed by atoms with Crippen LogP contribution in [0.25, 0.3) is 0 Å². The molecule has 0 spiro atoms. The molecular weight excluding hydrogens is 240 g/mol. The molecule has 1 heterocycles. The van der Waals surface area contributed by atoms with Crippen molar-refractivity contribution in [3.05, 3.63) is 21.9 Å². The quantitative estimate of drug-likeness (QED) is 0.827. The zero-order valence-corrected chi connectivity index (χ0v) is 12.9. The van der Waals surface area contributed by atoms with Crippen molar-refractivity contribution in [2.75, 3.05) is 0 Å². The molecule has 0 aliphatic heterocycles. The Balaban J connectivity index is 2.09. The smallest absolute Gasteiger partial charge is 0.0990 e. The fourth-order valence-electron chi connectivity index (χ4n) is 3.24. The van der Waals surface area contributed by atoms with Gasteiger partial charge in [0.2, 0.25) is 0 Å². The molecule has 1 aromatic heterocycles. The van der Waals surface area contributed by atoms with Gasteiger partial charge in [0.1, 0.15) is 0 Å². The van der Waals surface area contributed by atoms with E-state index >= 15 is 0 Å². The third-order valence-corrected chi connectivity index (χ3v) is 6.32. The Hall–Kier alpha value is -0.340. The molecule has 1 aromatic rings. The molecule has 0 saturated heterocycles. The second-order valence-electron chi connectivity index (χ2n) is 6.58. The van der Waals surface area contributed by atoms with E-state index in [-0.39, 0.29) is 0 Å². The predicted molar refractivity (Wildman–Crippen MR) is 79.0 cm³/mol. The zero-order chi connectivity index (χ0) is 13.4. The number of aliphatic hydroxyl groups is 1. The van der Waals surface area contributed by atoms with E-state index in [2.05, 4.69) is 39.1 Å². The van der Waals surface area contributed by atoms with Crippen molar-refractivity contribution >= 4 is 11.3 Å². The lowest BCUT2D eigenvalue weighted by molar-refractivity contribution is -0.0304. The maximum absolute atomic E-state index is 10.9. The maximum atomic E-state index is 10.9. The summed E-state index contributed by atoms with van der Waals surface area (Å²) >= 11 is 1.72. The van der Waals surface area contributed by atoms with Crippen molar-refractivity contribution in [3.63, 3.8) is 0 Å². The Morgan fingerprint density at radius 2 is 2.00 bits per heavy atom. The van der Waals surface area contributed by atoms with Gasteiger partial charge in [-0.05, 0) is 60.9 Å². The topological polar surface area (TPSA) is 20.2 Å². The molecule has 0 unspecified atom stereocenters. The molecule has 1 nitrogen and oxygen atoms in total. The average Bonchev–Trinajstić information content (AvgIpc) is 2.77. The van der Waals surface area contributed by atoms with E-state index in [1.807, 2.05) is 0 Å². The van der Waals surface area contributed by atoms with Gasteiger partial charge in [-0.1, -0.05) is 27.2 Å². The lowest BCUT2D eigenvalue weighted by atomic mass is 9.66. The van der Waals surface area contributed by atoms with Crippen LogP contribution in [0.4, 0.5) is 0 Å². The molecule has 0 amide bonds. The fourth-order valence-corrected chi connectivity index (χ4v) is 4.33. The summed E-state index contributed by atoms with van der Waals surface area (Å²) in [6, 6.07) is 2.13. The molecule has 1 aliphatic carbocycles. The lowest BCUT2D eigenvalue weighted by Gasteiger charge is -2.42. The van der Waals surface area contributed by atoms with E-state index in [9.17, 15) is 5.11 Å². The summed E-state index contributed by atoms with van der Waals surface area (Å²) in [6.07, 6.45) is 5.42. The first-order valence-corrected chi connectivity index (χ1v) is 8.04. The zero-order valence-electron chi connectivity index (χ0n) is 12.1. The van der Waals surface area contributed by atoms with Gasteiger partial charge in [0.05, 0.1) is 5.60 Å². The van der Waals surface area contributed by atoms with Crippen molar-refractivity contribution in [2.45, 2.75) is 65.4 Å². The molecule has 1 N–H and O–H groups in total. The minimum absolute atomic E-state index is 0.422. The monoisotopic (exact) mass is 266 g/mol. The Morgan fingerprint density at radius 3 is 2.44 bits per heavy atom. The normalized spacial score (nSPS) is 29.5. The van der Waals surface area contributed by atoms with E-state index in [1.165, 1.54) is 16.9 Å². The minimum atomic E-state index is -0.543. The van der Waals surface area contributed by atoms with Crippen LogP contribution < -0.4 is 0 Å². The summed E-state index contributed by atoms with van der Waals surface area (Å²) in [4.78, 5) is 1.20. The summed E-state index contributed by atoms with van der Waals surface area (Å²) in [6.45, 7) is 9.15. The van der Waals surface area contributed by atoms with Gasteiger partial charge < -0.3 is 5.11 Å². The third kappa shape index (κ3) is 2.50. The van der Waals surface area contributed by atoms with Crippen molar-refractivity contribution in [1.29, 1.82) is 0 Å². The van der Waals surface area contributed by atoms with Gasteiger partial charge in [0, 0.05) is 4.88 Å². The molecule has 1 saturated carbocycles. The van der Waals surface area contributed by atoms with Crippen LogP contribution in [0.1, 0.15) is 63.3 Å². The molecule has 0 aromatic carbocycles. The second kappa shape index (κ2) is 4.97. The Kier molecular flexibility index (Phi) is 3.89. The largest absolute Gasteiger partial charge is 0.384 e. The highest BCUT2D eigenvalue weighted by Gasteiger charge is 2.40. The van der Waals surface area contributed by atoms with Crippen LogP contribution in [0.3, 0.4) is 0 Å². The lowest BCUT2D eigenvalue weighted by Crippen LogP contribution is -2.36. The highest BCUT2D eigenvalue weighted by Crippen LogP contribution is 2.48. The predicted octanol–water partition coefficient (Wildman–Crippen LogP) is 4.87. The summed E-state index contributed by atoms with van der Waals surface area (Å²) in [5.41, 5.74) is 1.14. The second-order valence-corrected chi connectivity index (χ2v) is 7.50. The van der Waals surface area contributed by atoms with Gasteiger partial charge in [-0.3, -0.25) is 0 Å². The minimum Gasteiger partial charge on any atom is -0.384 e. The summed E-state index contributed by atoms with van der Waals surface area (Å²) < 4.78 is 0. The van der Waals surface area contributed by atoms with Gasteiger partial charge in [0.25, 0.3) is 0 Å². The average molecular weight is 266 g/mol. The number of hydrogen-bond acceptors (Lipinski definition) is 2. The van der Waals surface area contributed by atoms with E-state index in [0.717, 1.165) is 31.6 Å². The van der Waals surface area contributed by atoms with Crippen LogP contribution >= 0.6 is 11.3 Å². The van der Waals surface area contributed by atoms with Gasteiger partial charge >= 0.3 is 0 Å². The first-order chi connectivity index (χ1) is 8.39. The van der Waals surface area contributed by atoms with E-state index in [0.29, 0.717) is 5.41 Å². The summed E-state index contributed by atoms with van der Waals surface area (Å²) in [7, 11) is 0. The van der Waals surface area contributed by atoms with Gasteiger partial charge in [-0.15, -0.1) is 11.3 Å².